The molecule has 0 saturated heterocycles. The van der Waals surface area contributed by atoms with Crippen molar-refractivity contribution in [2.24, 2.45) is 0 Å². The highest BCUT2D eigenvalue weighted by molar-refractivity contribution is 7.26. The van der Waals surface area contributed by atoms with Crippen molar-refractivity contribution < 1.29 is 4.42 Å². The van der Waals surface area contributed by atoms with Gasteiger partial charge in [-0.05, 0) is 48.5 Å². The zero-order chi connectivity index (χ0) is 33.5. The molecule has 238 valence electrons. The first kappa shape index (κ1) is 28.2. The molecule has 4 aromatic heterocycles. The molecule has 0 N–H and O–H groups in total. The molecule has 0 aliphatic rings. The highest BCUT2D eigenvalue weighted by atomic mass is 32.1. The summed E-state index contributed by atoms with van der Waals surface area (Å²) < 4.78 is 11.2. The van der Waals surface area contributed by atoms with Gasteiger partial charge in [-0.15, -0.1) is 11.3 Å². The molecule has 0 unspecified atom stereocenters. The van der Waals surface area contributed by atoms with Crippen LogP contribution in [0.4, 0.5) is 0 Å². The van der Waals surface area contributed by atoms with Gasteiger partial charge in [0.25, 0.3) is 0 Å². The molecule has 0 bridgehead atoms. The maximum absolute atomic E-state index is 6.22. The van der Waals surface area contributed by atoms with Gasteiger partial charge in [-0.3, -0.25) is 0 Å². The van der Waals surface area contributed by atoms with Crippen LogP contribution < -0.4 is 0 Å². The van der Waals surface area contributed by atoms with Crippen molar-refractivity contribution >= 4 is 75.3 Å². The molecular formula is C45H26N4OS. The summed E-state index contributed by atoms with van der Waals surface area (Å²) in [5.74, 6) is 1.85. The lowest BCUT2D eigenvalue weighted by Gasteiger charge is -2.11. The van der Waals surface area contributed by atoms with E-state index in [1.807, 2.05) is 72.0 Å². The second-order valence-corrected chi connectivity index (χ2v) is 13.8. The average molecular weight is 671 g/mol. The summed E-state index contributed by atoms with van der Waals surface area (Å²) >= 11 is 1.86. The van der Waals surface area contributed by atoms with Crippen molar-refractivity contribution in [1.29, 1.82) is 0 Å². The molecule has 0 spiro atoms. The predicted molar refractivity (Wildman–Crippen MR) is 211 cm³/mol. The Labute approximate surface area is 295 Å². The number of para-hydroxylation sites is 2. The summed E-state index contributed by atoms with van der Waals surface area (Å²) in [7, 11) is 0. The second kappa shape index (κ2) is 10.9. The second-order valence-electron chi connectivity index (χ2n) is 12.8. The molecule has 51 heavy (non-hydrogen) atoms. The summed E-state index contributed by atoms with van der Waals surface area (Å²) in [5, 5.41) is 7.12. The number of nitrogens with zero attached hydrogens (tertiary/aromatic N) is 4. The number of aromatic nitrogens is 4. The molecule has 0 atom stereocenters. The van der Waals surface area contributed by atoms with Gasteiger partial charge in [0.1, 0.15) is 11.2 Å². The van der Waals surface area contributed by atoms with Crippen molar-refractivity contribution in [3.05, 3.63) is 158 Å². The van der Waals surface area contributed by atoms with Gasteiger partial charge in [0.2, 0.25) is 0 Å². The zero-order valence-electron chi connectivity index (χ0n) is 27.1. The fraction of sp³-hybridized carbons (Fsp3) is 0. The first-order valence-electron chi connectivity index (χ1n) is 16.9. The molecule has 4 heterocycles. The Morgan fingerprint density at radius 2 is 1.10 bits per heavy atom. The largest absolute Gasteiger partial charge is 0.456 e. The summed E-state index contributed by atoms with van der Waals surface area (Å²) in [6, 6.07) is 54.9. The number of hydrogen-bond donors (Lipinski definition) is 0. The van der Waals surface area contributed by atoms with Gasteiger partial charge < -0.3 is 8.98 Å². The van der Waals surface area contributed by atoms with Gasteiger partial charge >= 0.3 is 0 Å². The third-order valence-electron chi connectivity index (χ3n) is 9.87. The Hall–Kier alpha value is -6.63. The van der Waals surface area contributed by atoms with Gasteiger partial charge in [-0.2, -0.15) is 0 Å². The van der Waals surface area contributed by atoms with E-state index in [1.165, 1.54) is 42.0 Å². The van der Waals surface area contributed by atoms with Crippen LogP contribution in [0.2, 0.25) is 0 Å². The molecule has 0 radical (unpaired) electrons. The normalized spacial score (nSPS) is 11.9. The average Bonchev–Trinajstić information content (AvgIpc) is 3.88. The molecule has 5 nitrogen and oxygen atoms in total. The van der Waals surface area contributed by atoms with Gasteiger partial charge in [0.15, 0.2) is 17.5 Å². The Morgan fingerprint density at radius 3 is 1.94 bits per heavy atom. The molecule has 7 aromatic carbocycles. The smallest absolute Gasteiger partial charge is 0.164 e. The Balaban J connectivity index is 1.11. The van der Waals surface area contributed by atoms with E-state index in [0.717, 1.165) is 44.3 Å². The summed E-state index contributed by atoms with van der Waals surface area (Å²) in [4.78, 5) is 15.2. The Bertz CT molecular complexity index is 3140. The van der Waals surface area contributed by atoms with Gasteiger partial charge in [-0.1, -0.05) is 109 Å². The number of fused-ring (bicyclic) bond motifs is 10. The van der Waals surface area contributed by atoms with E-state index in [0.29, 0.717) is 17.5 Å². The minimum absolute atomic E-state index is 0.606. The third kappa shape index (κ3) is 4.30. The van der Waals surface area contributed by atoms with E-state index in [1.54, 1.807) is 0 Å². The van der Waals surface area contributed by atoms with Crippen LogP contribution in [-0.2, 0) is 0 Å². The van der Waals surface area contributed by atoms with E-state index >= 15 is 0 Å². The van der Waals surface area contributed by atoms with E-state index in [9.17, 15) is 0 Å². The van der Waals surface area contributed by atoms with Crippen molar-refractivity contribution in [2.45, 2.75) is 0 Å². The number of hydrogen-bond acceptors (Lipinski definition) is 5. The topological polar surface area (TPSA) is 56.7 Å². The van der Waals surface area contributed by atoms with E-state index in [4.69, 9.17) is 19.4 Å². The fourth-order valence-electron chi connectivity index (χ4n) is 7.56. The van der Waals surface area contributed by atoms with Crippen LogP contribution in [0.1, 0.15) is 0 Å². The van der Waals surface area contributed by atoms with Crippen LogP contribution in [0.25, 0.3) is 104 Å². The summed E-state index contributed by atoms with van der Waals surface area (Å²) in [6.07, 6.45) is 0. The zero-order valence-corrected chi connectivity index (χ0v) is 27.9. The van der Waals surface area contributed by atoms with Crippen molar-refractivity contribution in [3.63, 3.8) is 0 Å². The van der Waals surface area contributed by atoms with Crippen LogP contribution >= 0.6 is 11.3 Å². The van der Waals surface area contributed by atoms with Crippen LogP contribution in [0.15, 0.2) is 162 Å². The SMILES string of the molecule is c1ccc(-c2nc(-c3ccc(-n4c5ccccc5c5ccc6c7ccccc7sc6c54)cc3)nc(-c3cccc4oc5ccccc5c34)n2)cc1. The lowest BCUT2D eigenvalue weighted by atomic mass is 10.1. The Morgan fingerprint density at radius 1 is 0.451 bits per heavy atom. The van der Waals surface area contributed by atoms with Crippen molar-refractivity contribution in [1.82, 2.24) is 19.5 Å². The first-order chi connectivity index (χ1) is 25.3. The molecule has 6 heteroatoms. The molecule has 0 fully saturated rings. The summed E-state index contributed by atoms with van der Waals surface area (Å²) in [6.45, 7) is 0. The standard InChI is InChI=1S/C45H26N4OS/c1-2-11-27(12-3-1)43-46-44(48-45(47-43)35-16-10-19-38-40(35)34-15-5-8-18-37(34)50-38)28-21-23-29(24-22-28)49-36-17-7-4-13-30(36)32-25-26-33-31-14-6-9-20-39(31)51-42(33)41(32)49/h1-26H. The number of benzene rings is 7. The lowest BCUT2D eigenvalue weighted by molar-refractivity contribution is 0.669. The van der Waals surface area contributed by atoms with Crippen LogP contribution in [-0.4, -0.2) is 19.5 Å². The Kier molecular flexibility index (Phi) is 6.05. The number of rotatable bonds is 4. The van der Waals surface area contributed by atoms with Gasteiger partial charge in [0.05, 0.1) is 15.7 Å². The highest BCUT2D eigenvalue weighted by Crippen LogP contribution is 2.43. The maximum atomic E-state index is 6.22. The molecule has 11 aromatic rings. The highest BCUT2D eigenvalue weighted by Gasteiger charge is 2.20. The molecule has 11 rings (SSSR count). The van der Waals surface area contributed by atoms with E-state index in [2.05, 4.69) is 102 Å². The lowest BCUT2D eigenvalue weighted by Crippen LogP contribution is -2.01. The minimum Gasteiger partial charge on any atom is -0.456 e. The van der Waals surface area contributed by atoms with E-state index < -0.39 is 0 Å². The van der Waals surface area contributed by atoms with E-state index in [-0.39, 0.29) is 0 Å². The fourth-order valence-corrected chi connectivity index (χ4v) is 8.80. The molecule has 0 aliphatic heterocycles. The molecule has 0 saturated carbocycles. The molecular weight excluding hydrogens is 645 g/mol. The maximum Gasteiger partial charge on any atom is 0.164 e. The van der Waals surface area contributed by atoms with Gasteiger partial charge in [-0.25, -0.2) is 15.0 Å². The number of thiophene rings is 1. The van der Waals surface area contributed by atoms with Crippen LogP contribution in [0.5, 0.6) is 0 Å². The monoisotopic (exact) mass is 670 g/mol. The van der Waals surface area contributed by atoms with Crippen molar-refractivity contribution in [2.75, 3.05) is 0 Å². The molecule has 0 amide bonds. The van der Waals surface area contributed by atoms with Crippen LogP contribution in [0.3, 0.4) is 0 Å². The predicted octanol–water partition coefficient (Wildman–Crippen LogP) is 12.2. The first-order valence-corrected chi connectivity index (χ1v) is 17.8. The number of furan rings is 1. The summed E-state index contributed by atoms with van der Waals surface area (Å²) in [5.41, 5.74) is 7.90. The molecule has 0 aliphatic carbocycles. The quantitative estimate of drug-likeness (QED) is 0.187. The van der Waals surface area contributed by atoms with Crippen LogP contribution in [0, 0.1) is 0 Å². The van der Waals surface area contributed by atoms with Crippen molar-refractivity contribution in [3.8, 4) is 39.9 Å². The third-order valence-corrected chi connectivity index (χ3v) is 11.1. The minimum atomic E-state index is 0.606. The van der Waals surface area contributed by atoms with Gasteiger partial charge in [0, 0.05) is 59.4 Å².